The van der Waals surface area contributed by atoms with E-state index in [1.165, 1.54) is 62.5 Å². The molecule has 0 aliphatic heterocycles. The summed E-state index contributed by atoms with van der Waals surface area (Å²) in [6, 6.07) is 44.6. The Morgan fingerprint density at radius 2 is 0.750 bits per heavy atom. The molecule has 0 radical (unpaired) electrons. The van der Waals surface area contributed by atoms with Crippen LogP contribution < -0.4 is 31.8 Å². The second-order valence-corrected chi connectivity index (χ2v) is 17.9. The molecule has 2 nitrogen and oxygen atoms in total. The van der Waals surface area contributed by atoms with E-state index >= 15 is 0 Å². The van der Waals surface area contributed by atoms with Gasteiger partial charge in [-0.25, -0.2) is 4.79 Å². The van der Waals surface area contributed by atoms with Gasteiger partial charge in [0.2, 0.25) is 0 Å². The molecule has 0 aliphatic rings. The number of halogens is 3. The van der Waals surface area contributed by atoms with Crippen LogP contribution in [0.2, 0.25) is 0 Å². The molecule has 0 spiro atoms. The van der Waals surface area contributed by atoms with Crippen molar-refractivity contribution in [1.29, 1.82) is 0 Å². The summed E-state index contributed by atoms with van der Waals surface area (Å²) < 4.78 is 31.7. The minimum atomic E-state index is -5.08. The normalized spacial score (nSPS) is 11.2. The average Bonchev–Trinajstić information content (AvgIpc) is 3.51. The summed E-state index contributed by atoms with van der Waals surface area (Å²) >= 11 is 3.93. The van der Waals surface area contributed by atoms with Crippen molar-refractivity contribution in [2.45, 2.75) is 33.9 Å². The molecule has 0 saturated carbocycles. The molecule has 0 fully saturated rings. The summed E-state index contributed by atoms with van der Waals surface area (Å²) in [5, 5.41) is 15.8. The molecule has 6 rings (SSSR count). The van der Waals surface area contributed by atoms with Gasteiger partial charge < -0.3 is 5.11 Å². The standard InChI is InChI=1S/C36H32P2S2.C2HF3O2.Ru/c1-25-33(35(27(3)39-25)37(29-17-9-5-10-18-29)30-19-11-6-12-20-30)34-26(2)40-28(4)36(34)38(31-21-13-7-14-22-31)32-23-15-8-16-24-32;3-2(4,5)1(6)7;/h5-24H,1-4H3;(H,6,7);/q;;+2. The number of hydrogen-bond donors (Lipinski definition) is 1. The molecule has 0 atom stereocenters. The van der Waals surface area contributed by atoms with Crippen molar-refractivity contribution < 1.29 is 42.6 Å². The zero-order valence-electron chi connectivity index (χ0n) is 26.6. The van der Waals surface area contributed by atoms with E-state index in [9.17, 15) is 13.2 Å². The molecule has 0 bridgehead atoms. The number of thiophene rings is 2. The van der Waals surface area contributed by atoms with Crippen molar-refractivity contribution in [3.05, 3.63) is 141 Å². The maximum atomic E-state index is 10.6. The third-order valence-electron chi connectivity index (χ3n) is 7.45. The fourth-order valence-electron chi connectivity index (χ4n) is 5.59. The van der Waals surface area contributed by atoms with Crippen molar-refractivity contribution in [1.82, 2.24) is 0 Å². The summed E-state index contributed by atoms with van der Waals surface area (Å²) in [5.74, 6) is -2.76. The van der Waals surface area contributed by atoms with Crippen LogP contribution in [0, 0.1) is 27.7 Å². The van der Waals surface area contributed by atoms with E-state index in [2.05, 4.69) is 149 Å². The quantitative estimate of drug-likeness (QED) is 0.129. The molecule has 4 aromatic carbocycles. The molecule has 48 heavy (non-hydrogen) atoms. The zero-order valence-corrected chi connectivity index (χ0v) is 31.8. The topological polar surface area (TPSA) is 37.3 Å². The summed E-state index contributed by atoms with van der Waals surface area (Å²) in [4.78, 5) is 14.6. The number of alkyl halides is 3. The molecule has 2 aromatic heterocycles. The summed E-state index contributed by atoms with van der Waals surface area (Å²) in [6.45, 7) is 9.35. The summed E-state index contributed by atoms with van der Waals surface area (Å²) in [5.41, 5.74) is 2.94. The molecule has 2 heterocycles. The number of carboxylic acids is 1. The summed E-state index contributed by atoms with van der Waals surface area (Å²) in [7, 11) is -1.42. The Hall–Kier alpha value is -2.98. The predicted octanol–water partition coefficient (Wildman–Crippen LogP) is 8.86. The van der Waals surface area contributed by atoms with Crippen molar-refractivity contribution in [3.63, 3.8) is 0 Å². The van der Waals surface area contributed by atoms with Gasteiger partial charge in [0.05, 0.1) is 0 Å². The largest absolute Gasteiger partial charge is 2.00 e. The molecule has 0 unspecified atom stereocenters. The van der Waals surface area contributed by atoms with Crippen LogP contribution >= 0.6 is 38.5 Å². The number of rotatable bonds is 7. The zero-order chi connectivity index (χ0) is 33.7. The molecule has 0 saturated heterocycles. The van der Waals surface area contributed by atoms with Crippen LogP contribution in [-0.4, -0.2) is 17.3 Å². The van der Waals surface area contributed by atoms with E-state index in [0.29, 0.717) is 0 Å². The maximum absolute atomic E-state index is 10.6. The van der Waals surface area contributed by atoms with E-state index < -0.39 is 28.0 Å². The number of carbonyl (C=O) groups is 1. The smallest absolute Gasteiger partial charge is 0.475 e. The first-order chi connectivity index (χ1) is 22.5. The van der Waals surface area contributed by atoms with Crippen LogP contribution in [0.1, 0.15) is 19.5 Å². The molecule has 246 valence electrons. The van der Waals surface area contributed by atoms with Crippen LogP contribution in [0.3, 0.4) is 0 Å². The molecule has 10 heteroatoms. The van der Waals surface area contributed by atoms with Gasteiger partial charge in [-0.05, 0) is 64.8 Å². The van der Waals surface area contributed by atoms with E-state index in [0.717, 1.165) is 0 Å². The van der Waals surface area contributed by atoms with Crippen molar-refractivity contribution >= 4 is 76.3 Å². The Morgan fingerprint density at radius 3 is 0.958 bits per heavy atom. The Balaban J connectivity index is 0.000000589. The molecular formula is C38H33F3O2P2RuS2+2. The number of carboxylic acid groups (broad SMARTS) is 1. The maximum Gasteiger partial charge on any atom is 2.00 e. The van der Waals surface area contributed by atoms with Gasteiger partial charge in [-0.2, -0.15) is 13.2 Å². The molecular weight excluding hydrogens is 773 g/mol. The van der Waals surface area contributed by atoms with E-state index in [1.54, 1.807) is 0 Å². The van der Waals surface area contributed by atoms with Gasteiger partial charge in [0.15, 0.2) is 0 Å². The van der Waals surface area contributed by atoms with Gasteiger partial charge in [-0.15, -0.1) is 22.7 Å². The van der Waals surface area contributed by atoms with Crippen LogP contribution in [-0.2, 0) is 24.3 Å². The van der Waals surface area contributed by atoms with Gasteiger partial charge >= 0.3 is 31.6 Å². The number of hydrogen-bond acceptors (Lipinski definition) is 3. The molecule has 6 aromatic rings. The predicted molar refractivity (Wildman–Crippen MR) is 198 cm³/mol. The number of aryl methyl sites for hydroxylation is 4. The van der Waals surface area contributed by atoms with Gasteiger partial charge in [0.1, 0.15) is 0 Å². The van der Waals surface area contributed by atoms with Crippen molar-refractivity contribution in [2.75, 3.05) is 0 Å². The Morgan fingerprint density at radius 1 is 0.521 bits per heavy atom. The summed E-state index contributed by atoms with van der Waals surface area (Å²) in [6.07, 6.45) is -5.08. The first kappa shape index (κ1) is 37.8. The van der Waals surface area contributed by atoms with Crippen LogP contribution in [0.4, 0.5) is 13.2 Å². The monoisotopic (exact) mass is 806 g/mol. The van der Waals surface area contributed by atoms with Crippen LogP contribution in [0.5, 0.6) is 0 Å². The van der Waals surface area contributed by atoms with Crippen LogP contribution in [0.15, 0.2) is 121 Å². The Kier molecular flexibility index (Phi) is 13.1. The van der Waals surface area contributed by atoms with E-state index in [-0.39, 0.29) is 19.5 Å². The van der Waals surface area contributed by atoms with Gasteiger partial charge in [-0.1, -0.05) is 121 Å². The Labute approximate surface area is 303 Å². The van der Waals surface area contributed by atoms with Crippen LogP contribution in [0.25, 0.3) is 11.1 Å². The minimum Gasteiger partial charge on any atom is -0.475 e. The second-order valence-electron chi connectivity index (χ2n) is 10.7. The third-order valence-corrected chi connectivity index (χ3v) is 15.1. The van der Waals surface area contributed by atoms with Gasteiger partial charge in [0, 0.05) is 41.2 Å². The molecule has 0 amide bonds. The number of benzene rings is 4. The van der Waals surface area contributed by atoms with Crippen molar-refractivity contribution in [3.8, 4) is 11.1 Å². The first-order valence-electron chi connectivity index (χ1n) is 14.8. The SMILES string of the molecule is Cc1sc(C)c(P(c2ccccc2)c2ccccc2)c1-c1c(C)sc(C)c1P(c1ccccc1)c1ccccc1.O=C(O)C(F)(F)F.[Ru+2]. The minimum absolute atomic E-state index is 0. The van der Waals surface area contributed by atoms with E-state index in [1.807, 2.05) is 22.7 Å². The fourth-order valence-corrected chi connectivity index (χ4v) is 13.6. The second kappa shape index (κ2) is 16.6. The fraction of sp³-hybridized carbons (Fsp3) is 0.132. The van der Waals surface area contributed by atoms with Gasteiger partial charge in [-0.3, -0.25) is 0 Å². The number of aliphatic carboxylic acids is 1. The van der Waals surface area contributed by atoms with Gasteiger partial charge in [0.25, 0.3) is 0 Å². The third kappa shape index (κ3) is 8.41. The van der Waals surface area contributed by atoms with Crippen molar-refractivity contribution in [2.24, 2.45) is 0 Å². The molecule has 1 N–H and O–H groups in total. The Bertz CT molecular complexity index is 1740. The molecule has 0 aliphatic carbocycles. The van der Waals surface area contributed by atoms with E-state index in [4.69, 9.17) is 9.90 Å². The average molecular weight is 806 g/mol. The first-order valence-corrected chi connectivity index (χ1v) is 19.1.